The minimum Gasteiger partial charge on any atom is -0.425 e. The highest BCUT2D eigenvalue weighted by Crippen LogP contribution is 2.59. The monoisotopic (exact) mass is 608 g/mol. The molecule has 2 aliphatic carbocycles. The summed E-state index contributed by atoms with van der Waals surface area (Å²) in [5.41, 5.74) is -0.0117. The number of esters is 2. The number of hydrogen-bond acceptors (Lipinski definition) is 8. The smallest absolute Gasteiger partial charge is 0.314 e. The van der Waals surface area contributed by atoms with Crippen molar-refractivity contribution in [3.05, 3.63) is 21.9 Å². The summed E-state index contributed by atoms with van der Waals surface area (Å²) in [6.07, 6.45) is 7.27. The van der Waals surface area contributed by atoms with Gasteiger partial charge in [-0.3, -0.25) is 9.59 Å². The van der Waals surface area contributed by atoms with Gasteiger partial charge in [0.05, 0.1) is 25.9 Å². The lowest BCUT2D eigenvalue weighted by molar-refractivity contribution is -0.141. The molecule has 1 aromatic carbocycles. The summed E-state index contributed by atoms with van der Waals surface area (Å²) in [5.74, 6) is 0.631. The van der Waals surface area contributed by atoms with Crippen LogP contribution in [0, 0.1) is 40.4 Å². The van der Waals surface area contributed by atoms with E-state index in [1.165, 1.54) is 23.5 Å². The van der Waals surface area contributed by atoms with Gasteiger partial charge >= 0.3 is 11.9 Å². The number of carbonyl (C=O) groups is 2. The zero-order chi connectivity index (χ0) is 24.2. The topological polar surface area (TPSA) is 100 Å². The van der Waals surface area contributed by atoms with Crippen molar-refractivity contribution < 1.29 is 19.1 Å². The molecule has 0 spiro atoms. The molecule has 0 unspecified atom stereocenters. The van der Waals surface area contributed by atoms with Crippen LogP contribution >= 0.6 is 46.1 Å². The summed E-state index contributed by atoms with van der Waals surface area (Å²) < 4.78 is 12.7. The zero-order valence-corrected chi connectivity index (χ0v) is 22.6. The number of allylic oxidation sites excluding steroid dienone is 1. The second-order valence-corrected chi connectivity index (χ2v) is 13.1. The lowest BCUT2D eigenvalue weighted by atomic mass is 9.83. The van der Waals surface area contributed by atoms with E-state index in [4.69, 9.17) is 9.47 Å². The summed E-state index contributed by atoms with van der Waals surface area (Å²) in [5, 5.41) is 18.7. The van der Waals surface area contributed by atoms with E-state index in [-0.39, 0.29) is 29.3 Å². The van der Waals surface area contributed by atoms with Gasteiger partial charge in [-0.15, -0.1) is 0 Å². The van der Waals surface area contributed by atoms with Crippen LogP contribution < -0.4 is 9.47 Å². The summed E-state index contributed by atoms with van der Waals surface area (Å²) in [6, 6.07) is 7.15. The first-order chi connectivity index (χ1) is 16.4. The lowest BCUT2D eigenvalue weighted by Crippen LogP contribution is -2.26. The third-order valence-electron chi connectivity index (χ3n) is 6.62. The number of hydrogen-bond donors (Lipinski definition) is 0. The molecule has 9 heteroatoms. The van der Waals surface area contributed by atoms with Gasteiger partial charge in [0, 0.05) is 3.92 Å². The Balaban J connectivity index is 1.58. The van der Waals surface area contributed by atoms with Gasteiger partial charge in [-0.05, 0) is 69.4 Å². The lowest BCUT2D eigenvalue weighted by Gasteiger charge is -2.25. The number of benzene rings is 1. The Labute approximate surface area is 222 Å². The fourth-order valence-electron chi connectivity index (χ4n) is 4.47. The summed E-state index contributed by atoms with van der Waals surface area (Å²) in [6.45, 7) is 2.20. The van der Waals surface area contributed by atoms with E-state index in [0.29, 0.717) is 35.4 Å². The second kappa shape index (κ2) is 11.4. The Morgan fingerprint density at radius 2 is 1.29 bits per heavy atom. The van der Waals surface area contributed by atoms with Crippen molar-refractivity contribution in [1.29, 1.82) is 10.5 Å². The van der Waals surface area contributed by atoms with Crippen molar-refractivity contribution in [1.82, 2.24) is 0 Å². The number of carbonyl (C=O) groups excluding carboxylic acids is 2. The van der Waals surface area contributed by atoms with Crippen LogP contribution in [0.5, 0.6) is 11.5 Å². The van der Waals surface area contributed by atoms with Gasteiger partial charge in [0.1, 0.15) is 29.2 Å². The number of halogens is 1. The molecule has 1 heterocycles. The van der Waals surface area contributed by atoms with Crippen molar-refractivity contribution in [2.45, 2.75) is 72.0 Å². The van der Waals surface area contributed by atoms with Crippen LogP contribution in [0.25, 0.3) is 0 Å². The van der Waals surface area contributed by atoms with Gasteiger partial charge in [0.2, 0.25) is 0 Å². The molecule has 2 saturated carbocycles. The van der Waals surface area contributed by atoms with E-state index >= 15 is 0 Å². The Bertz CT molecular complexity index is 1010. The van der Waals surface area contributed by atoms with Crippen molar-refractivity contribution in [3.63, 3.8) is 0 Å². The summed E-state index contributed by atoms with van der Waals surface area (Å²) in [7, 11) is 0. The molecule has 1 aliphatic heterocycles. The predicted octanol–water partition coefficient (Wildman–Crippen LogP) is 6.77. The molecule has 1 aromatic rings. The minimum atomic E-state index is -0.254. The Morgan fingerprint density at radius 3 is 1.74 bits per heavy atom. The molecular weight excluding hydrogens is 583 g/mol. The maximum atomic E-state index is 12.9. The van der Waals surface area contributed by atoms with Gasteiger partial charge in [0.25, 0.3) is 0 Å². The molecule has 2 fully saturated rings. The average Bonchev–Trinajstić information content (AvgIpc) is 3.28. The highest BCUT2D eigenvalue weighted by Gasteiger charge is 2.33. The van der Waals surface area contributed by atoms with E-state index in [1.54, 1.807) is 12.1 Å². The highest BCUT2D eigenvalue weighted by atomic mass is 127. The number of alkyl halides is 1. The van der Waals surface area contributed by atoms with E-state index in [9.17, 15) is 20.1 Å². The molecular formula is C25H25IN2O4S2. The molecule has 4 rings (SSSR count). The minimum absolute atomic E-state index is 0.0117. The molecule has 0 bridgehead atoms. The van der Waals surface area contributed by atoms with Gasteiger partial charge in [-0.1, -0.05) is 53.0 Å². The summed E-state index contributed by atoms with van der Waals surface area (Å²) in [4.78, 5) is 26.9. The van der Waals surface area contributed by atoms with Crippen LogP contribution in [-0.4, -0.2) is 15.9 Å². The van der Waals surface area contributed by atoms with Crippen molar-refractivity contribution >= 4 is 58.1 Å². The van der Waals surface area contributed by atoms with Crippen LogP contribution in [0.2, 0.25) is 0 Å². The Hall–Kier alpha value is -1.69. The molecule has 0 N–H and O–H groups in total. The van der Waals surface area contributed by atoms with Gasteiger partial charge in [0.15, 0.2) is 0 Å². The number of nitriles is 2. The van der Waals surface area contributed by atoms with Gasteiger partial charge < -0.3 is 9.47 Å². The fraction of sp³-hybridized carbons (Fsp3) is 0.520. The SMILES string of the molecule is CC1CCC(C(=O)Oc2ccc(OC(=O)C3CCC(I)CC3)c3c2SC(=C(C#N)C#N)S3)CC1. The van der Waals surface area contributed by atoms with Gasteiger partial charge in [-0.25, -0.2) is 0 Å². The summed E-state index contributed by atoms with van der Waals surface area (Å²) >= 11 is 4.85. The Morgan fingerprint density at radius 1 is 0.853 bits per heavy atom. The van der Waals surface area contributed by atoms with Crippen LogP contribution in [-0.2, 0) is 9.59 Å². The molecule has 34 heavy (non-hydrogen) atoms. The Kier molecular flexibility index (Phi) is 8.49. The largest absolute Gasteiger partial charge is 0.425 e. The number of fused-ring (bicyclic) bond motifs is 1. The van der Waals surface area contributed by atoms with Crippen LogP contribution in [0.1, 0.15) is 58.3 Å². The third-order valence-corrected chi connectivity index (χ3v) is 10.5. The van der Waals surface area contributed by atoms with Crippen molar-refractivity contribution in [2.75, 3.05) is 0 Å². The molecule has 0 radical (unpaired) electrons. The number of ether oxygens (including phenoxy) is 2. The highest BCUT2D eigenvalue weighted by molar-refractivity contribution is 14.1. The van der Waals surface area contributed by atoms with E-state index in [0.717, 1.165) is 51.4 Å². The van der Waals surface area contributed by atoms with Crippen molar-refractivity contribution in [2.24, 2.45) is 17.8 Å². The normalized spacial score (nSPS) is 26.1. The molecule has 0 saturated heterocycles. The first-order valence-corrected chi connectivity index (χ1v) is 14.4. The van der Waals surface area contributed by atoms with Crippen LogP contribution in [0.3, 0.4) is 0 Å². The third kappa shape index (κ3) is 5.75. The van der Waals surface area contributed by atoms with Gasteiger partial charge in [-0.2, -0.15) is 10.5 Å². The molecule has 0 atom stereocenters. The van der Waals surface area contributed by atoms with E-state index in [1.807, 2.05) is 12.1 Å². The fourth-order valence-corrected chi connectivity index (χ4v) is 7.67. The molecule has 0 aromatic heterocycles. The molecule has 178 valence electrons. The van der Waals surface area contributed by atoms with E-state index < -0.39 is 0 Å². The van der Waals surface area contributed by atoms with Crippen LogP contribution in [0.4, 0.5) is 0 Å². The predicted molar refractivity (Wildman–Crippen MR) is 139 cm³/mol. The first kappa shape index (κ1) is 25.4. The first-order valence-electron chi connectivity index (χ1n) is 11.5. The quantitative estimate of drug-likeness (QED) is 0.121. The number of nitrogens with zero attached hydrogens (tertiary/aromatic N) is 2. The van der Waals surface area contributed by atoms with E-state index in [2.05, 4.69) is 29.5 Å². The maximum absolute atomic E-state index is 12.9. The standard InChI is InChI=1S/C25H25IN2O4S2/c1-14-2-4-15(5-3-14)23(29)31-19-10-11-20(32-24(30)16-6-8-18(26)9-7-16)22-21(19)33-25(34-22)17(12-27)13-28/h10-11,14-16,18H,2-9H2,1H3. The van der Waals surface area contributed by atoms with Crippen LogP contribution in [0.15, 0.2) is 31.7 Å². The van der Waals surface area contributed by atoms with Crippen molar-refractivity contribution in [3.8, 4) is 23.6 Å². The maximum Gasteiger partial charge on any atom is 0.314 e. The molecule has 0 amide bonds. The number of rotatable bonds is 4. The zero-order valence-electron chi connectivity index (χ0n) is 18.8. The molecule has 6 nitrogen and oxygen atoms in total. The second-order valence-electron chi connectivity index (χ2n) is 9.06. The number of thioether (sulfide) groups is 2. The average molecular weight is 609 g/mol. The molecule has 3 aliphatic rings.